The highest BCUT2D eigenvalue weighted by Gasteiger charge is 2.16. The minimum Gasteiger partial charge on any atom is -0.273 e. The average molecular weight is 274 g/mol. The summed E-state index contributed by atoms with van der Waals surface area (Å²) in [6.07, 6.45) is 0. The van der Waals surface area contributed by atoms with Gasteiger partial charge in [-0.15, -0.1) is 4.91 Å². The van der Waals surface area contributed by atoms with Crippen LogP contribution in [-0.4, -0.2) is 14.8 Å². The lowest BCUT2D eigenvalue weighted by molar-refractivity contribution is 0.585. The normalized spacial score (nSPS) is 11.3. The smallest absolute Gasteiger partial charge is 0.273 e. The molecule has 6 nitrogen and oxygen atoms in total. The fraction of sp³-hybridized carbons (Fsp3) is 0.429. The van der Waals surface area contributed by atoms with Gasteiger partial charge in [0.25, 0.3) is 0 Å². The second-order valence-corrected chi connectivity index (χ2v) is 5.34. The topological polar surface area (TPSA) is 80.1 Å². The quantitative estimate of drug-likeness (QED) is 0.868. The fourth-order valence-electron chi connectivity index (χ4n) is 2.23. The first-order valence-electron chi connectivity index (χ1n) is 6.60. The lowest BCUT2D eigenvalue weighted by Gasteiger charge is -2.12. The number of rotatable bonds is 4. The Morgan fingerprint density at radius 1 is 1.25 bits per heavy atom. The SMILES string of the molecule is CC(C)c1cc(-c2n[nH]c(=O)n2C(C)C)ccc1N=O. The zero-order chi connectivity index (χ0) is 14.9. The first kappa shape index (κ1) is 14.2. The van der Waals surface area contributed by atoms with Gasteiger partial charge in [-0.3, -0.25) is 4.57 Å². The second kappa shape index (κ2) is 5.40. The molecule has 6 heteroatoms. The molecule has 0 saturated carbocycles. The van der Waals surface area contributed by atoms with Gasteiger partial charge in [-0.05, 0) is 48.7 Å². The van der Waals surface area contributed by atoms with Gasteiger partial charge in [0.05, 0.1) is 0 Å². The van der Waals surface area contributed by atoms with Crippen molar-refractivity contribution in [1.29, 1.82) is 0 Å². The van der Waals surface area contributed by atoms with Gasteiger partial charge in [0.1, 0.15) is 5.69 Å². The lowest BCUT2D eigenvalue weighted by atomic mass is 9.98. The number of nitrogens with one attached hydrogen (secondary N) is 1. The van der Waals surface area contributed by atoms with Crippen molar-refractivity contribution in [2.24, 2.45) is 5.18 Å². The molecule has 1 N–H and O–H groups in total. The molecular weight excluding hydrogens is 256 g/mol. The summed E-state index contributed by atoms with van der Waals surface area (Å²) in [4.78, 5) is 22.6. The van der Waals surface area contributed by atoms with Crippen molar-refractivity contribution in [2.45, 2.75) is 39.7 Å². The summed E-state index contributed by atoms with van der Waals surface area (Å²) in [5.41, 5.74) is 1.84. The van der Waals surface area contributed by atoms with Crippen LogP contribution in [0.15, 0.2) is 28.2 Å². The molecule has 0 unspecified atom stereocenters. The van der Waals surface area contributed by atoms with E-state index >= 15 is 0 Å². The monoisotopic (exact) mass is 274 g/mol. The van der Waals surface area contributed by atoms with Crippen LogP contribution in [0.4, 0.5) is 5.69 Å². The molecule has 0 amide bonds. The third-order valence-electron chi connectivity index (χ3n) is 3.23. The van der Waals surface area contributed by atoms with E-state index in [0.717, 1.165) is 11.1 Å². The number of aromatic amines is 1. The number of nitrogens with zero attached hydrogens (tertiary/aromatic N) is 3. The summed E-state index contributed by atoms with van der Waals surface area (Å²) < 4.78 is 1.59. The molecule has 0 aliphatic heterocycles. The zero-order valence-electron chi connectivity index (χ0n) is 12.0. The maximum atomic E-state index is 11.8. The average Bonchev–Trinajstić information content (AvgIpc) is 2.79. The first-order valence-corrected chi connectivity index (χ1v) is 6.60. The van der Waals surface area contributed by atoms with Gasteiger partial charge in [0.2, 0.25) is 0 Å². The molecule has 20 heavy (non-hydrogen) atoms. The number of aromatic nitrogens is 3. The molecule has 0 atom stereocenters. The van der Waals surface area contributed by atoms with E-state index in [2.05, 4.69) is 15.4 Å². The van der Waals surface area contributed by atoms with Crippen LogP contribution < -0.4 is 5.69 Å². The molecule has 0 aliphatic rings. The number of nitroso groups, excluding NO2 is 1. The molecule has 2 aromatic rings. The predicted molar refractivity (Wildman–Crippen MR) is 78.2 cm³/mol. The van der Waals surface area contributed by atoms with E-state index in [0.29, 0.717) is 11.5 Å². The molecule has 0 saturated heterocycles. The molecule has 0 bridgehead atoms. The summed E-state index contributed by atoms with van der Waals surface area (Å²) in [5, 5.41) is 9.59. The van der Waals surface area contributed by atoms with E-state index < -0.39 is 0 Å². The Labute approximate surface area is 116 Å². The number of H-pyrrole nitrogens is 1. The van der Waals surface area contributed by atoms with Crippen molar-refractivity contribution in [3.63, 3.8) is 0 Å². The van der Waals surface area contributed by atoms with Gasteiger partial charge in [0.15, 0.2) is 5.82 Å². The molecule has 0 aliphatic carbocycles. The minimum absolute atomic E-state index is 0.00243. The van der Waals surface area contributed by atoms with Crippen molar-refractivity contribution in [2.75, 3.05) is 0 Å². The van der Waals surface area contributed by atoms with Gasteiger partial charge >= 0.3 is 5.69 Å². The molecule has 0 fully saturated rings. The van der Waals surface area contributed by atoms with Crippen LogP contribution in [-0.2, 0) is 0 Å². The van der Waals surface area contributed by atoms with Gasteiger partial charge in [-0.25, -0.2) is 9.89 Å². The number of hydrogen-bond acceptors (Lipinski definition) is 4. The Hall–Kier alpha value is -2.24. The van der Waals surface area contributed by atoms with Gasteiger partial charge in [0, 0.05) is 11.6 Å². The van der Waals surface area contributed by atoms with E-state index in [1.165, 1.54) is 0 Å². The summed E-state index contributed by atoms with van der Waals surface area (Å²) >= 11 is 0. The van der Waals surface area contributed by atoms with Crippen molar-refractivity contribution in [3.05, 3.63) is 39.2 Å². The van der Waals surface area contributed by atoms with Gasteiger partial charge < -0.3 is 0 Å². The van der Waals surface area contributed by atoms with Crippen LogP contribution >= 0.6 is 0 Å². The summed E-state index contributed by atoms with van der Waals surface area (Å²) in [6.45, 7) is 7.83. The minimum atomic E-state index is -0.237. The molecule has 0 radical (unpaired) electrons. The predicted octanol–water partition coefficient (Wildman–Crippen LogP) is 3.34. The molecule has 106 valence electrons. The number of hydrogen-bond donors (Lipinski definition) is 1. The Morgan fingerprint density at radius 2 is 1.95 bits per heavy atom. The molecule has 2 rings (SSSR count). The van der Waals surface area contributed by atoms with E-state index in [9.17, 15) is 9.70 Å². The third-order valence-corrected chi connectivity index (χ3v) is 3.23. The van der Waals surface area contributed by atoms with Crippen molar-refractivity contribution >= 4 is 5.69 Å². The standard InChI is InChI=1S/C14H18N4O2/c1-8(2)11-7-10(5-6-12(11)17-20)13-15-16-14(19)18(13)9(3)4/h5-9H,1-4H3,(H,16,19). The Morgan fingerprint density at radius 3 is 2.50 bits per heavy atom. The molecule has 1 aromatic heterocycles. The lowest BCUT2D eigenvalue weighted by Crippen LogP contribution is -2.19. The van der Waals surface area contributed by atoms with E-state index in [-0.39, 0.29) is 17.6 Å². The molecular formula is C14H18N4O2. The van der Waals surface area contributed by atoms with Crippen LogP contribution in [0, 0.1) is 4.91 Å². The van der Waals surface area contributed by atoms with Crippen LogP contribution in [0.2, 0.25) is 0 Å². The zero-order valence-corrected chi connectivity index (χ0v) is 12.0. The molecule has 1 heterocycles. The van der Waals surface area contributed by atoms with Crippen LogP contribution in [0.25, 0.3) is 11.4 Å². The van der Waals surface area contributed by atoms with E-state index in [1.807, 2.05) is 33.8 Å². The van der Waals surface area contributed by atoms with Crippen LogP contribution in [0.1, 0.15) is 45.2 Å². The van der Waals surface area contributed by atoms with Crippen LogP contribution in [0.5, 0.6) is 0 Å². The summed E-state index contributed by atoms with van der Waals surface area (Å²) in [5.74, 6) is 0.741. The first-order chi connectivity index (χ1) is 9.45. The molecule has 1 aromatic carbocycles. The highest BCUT2D eigenvalue weighted by Crippen LogP contribution is 2.31. The Bertz CT molecular complexity index is 683. The Kier molecular flexibility index (Phi) is 3.83. The number of benzene rings is 1. The summed E-state index contributed by atoms with van der Waals surface area (Å²) in [6, 6.07) is 5.30. The van der Waals surface area contributed by atoms with Gasteiger partial charge in [-0.2, -0.15) is 5.10 Å². The fourth-order valence-corrected chi connectivity index (χ4v) is 2.23. The third kappa shape index (κ3) is 2.41. The van der Waals surface area contributed by atoms with Crippen LogP contribution in [0.3, 0.4) is 0 Å². The molecule has 0 spiro atoms. The van der Waals surface area contributed by atoms with E-state index in [4.69, 9.17) is 0 Å². The Balaban J connectivity index is 2.62. The van der Waals surface area contributed by atoms with Crippen molar-refractivity contribution in [3.8, 4) is 11.4 Å². The highest BCUT2D eigenvalue weighted by molar-refractivity contribution is 5.63. The maximum absolute atomic E-state index is 11.8. The highest BCUT2D eigenvalue weighted by atomic mass is 16.3. The largest absolute Gasteiger partial charge is 0.343 e. The van der Waals surface area contributed by atoms with E-state index in [1.54, 1.807) is 16.7 Å². The summed E-state index contributed by atoms with van der Waals surface area (Å²) in [7, 11) is 0. The maximum Gasteiger partial charge on any atom is 0.343 e. The van der Waals surface area contributed by atoms with Gasteiger partial charge in [-0.1, -0.05) is 13.8 Å². The van der Waals surface area contributed by atoms with Crippen molar-refractivity contribution in [1.82, 2.24) is 14.8 Å². The van der Waals surface area contributed by atoms with Crippen molar-refractivity contribution < 1.29 is 0 Å². The second-order valence-electron chi connectivity index (χ2n) is 5.34.